The van der Waals surface area contributed by atoms with Gasteiger partial charge in [0, 0.05) is 20.2 Å². The molecule has 0 spiro atoms. The number of nitrogens with one attached hydrogen (secondary N) is 2. The highest BCUT2D eigenvalue weighted by atomic mass is 16.5. The number of amides is 2. The normalized spacial score (nSPS) is 19.1. The number of methoxy groups -OCH3 is 1. The summed E-state index contributed by atoms with van der Waals surface area (Å²) in [7, 11) is 1.61. The molecule has 0 aromatic carbocycles. The van der Waals surface area contributed by atoms with E-state index in [1.807, 2.05) is 13.8 Å². The van der Waals surface area contributed by atoms with E-state index in [2.05, 4.69) is 10.6 Å². The highest BCUT2D eigenvalue weighted by Gasteiger charge is 2.31. The molecule has 0 radical (unpaired) electrons. The number of rotatable bonds is 5. The molecule has 1 saturated carbocycles. The zero-order valence-electron chi connectivity index (χ0n) is 11.0. The minimum absolute atomic E-state index is 0.254. The van der Waals surface area contributed by atoms with E-state index in [1.165, 1.54) is 0 Å². The zero-order chi connectivity index (χ0) is 12.9. The summed E-state index contributed by atoms with van der Waals surface area (Å²) in [6.07, 6.45) is 3.63. The summed E-state index contributed by atoms with van der Waals surface area (Å²) in [6, 6.07) is -0.254. The van der Waals surface area contributed by atoms with Crippen molar-refractivity contribution in [2.45, 2.75) is 50.7 Å². The molecule has 1 fully saturated rings. The first-order chi connectivity index (χ1) is 7.87. The van der Waals surface area contributed by atoms with E-state index >= 15 is 0 Å². The van der Waals surface area contributed by atoms with Crippen LogP contribution in [0.3, 0.4) is 0 Å². The molecule has 0 saturated heterocycles. The third-order valence-corrected chi connectivity index (χ3v) is 3.34. The van der Waals surface area contributed by atoms with Crippen LogP contribution >= 0.6 is 0 Å². The fourth-order valence-electron chi connectivity index (χ4n) is 1.88. The zero-order valence-corrected chi connectivity index (χ0v) is 11.0. The van der Waals surface area contributed by atoms with Gasteiger partial charge in [0.25, 0.3) is 0 Å². The second-order valence-electron chi connectivity index (χ2n) is 5.43. The van der Waals surface area contributed by atoms with Crippen LogP contribution in [0.1, 0.15) is 39.5 Å². The van der Waals surface area contributed by atoms with Crippen molar-refractivity contribution in [3.05, 3.63) is 0 Å². The van der Waals surface area contributed by atoms with Crippen LogP contribution in [0.15, 0.2) is 0 Å². The van der Waals surface area contributed by atoms with Crippen LogP contribution in [0.2, 0.25) is 0 Å². The SMILES string of the molecule is COC(C)(C)CNC(=O)NCC1(O)CCCC1. The van der Waals surface area contributed by atoms with Gasteiger partial charge in [0.15, 0.2) is 0 Å². The van der Waals surface area contributed by atoms with Crippen molar-refractivity contribution in [2.24, 2.45) is 0 Å². The number of carbonyl (C=O) groups excluding carboxylic acids is 1. The Balaban J connectivity index is 2.21. The summed E-state index contributed by atoms with van der Waals surface area (Å²) in [5.41, 5.74) is -1.07. The monoisotopic (exact) mass is 244 g/mol. The van der Waals surface area contributed by atoms with Gasteiger partial charge in [-0.25, -0.2) is 4.79 Å². The summed E-state index contributed by atoms with van der Waals surface area (Å²) >= 11 is 0. The second-order valence-corrected chi connectivity index (χ2v) is 5.43. The van der Waals surface area contributed by atoms with E-state index < -0.39 is 5.60 Å². The molecule has 3 N–H and O–H groups in total. The highest BCUT2D eigenvalue weighted by molar-refractivity contribution is 5.73. The first-order valence-electron chi connectivity index (χ1n) is 6.16. The maximum Gasteiger partial charge on any atom is 0.314 e. The van der Waals surface area contributed by atoms with E-state index in [-0.39, 0.29) is 11.6 Å². The number of carbonyl (C=O) groups is 1. The van der Waals surface area contributed by atoms with Gasteiger partial charge in [-0.3, -0.25) is 0 Å². The third kappa shape index (κ3) is 4.91. The predicted molar refractivity (Wildman–Crippen MR) is 65.9 cm³/mol. The van der Waals surface area contributed by atoms with Crippen molar-refractivity contribution < 1.29 is 14.6 Å². The van der Waals surface area contributed by atoms with Gasteiger partial charge in [-0.15, -0.1) is 0 Å². The largest absolute Gasteiger partial charge is 0.388 e. The van der Waals surface area contributed by atoms with Gasteiger partial charge in [-0.1, -0.05) is 12.8 Å². The fourth-order valence-corrected chi connectivity index (χ4v) is 1.88. The Morgan fingerprint density at radius 2 is 1.94 bits per heavy atom. The van der Waals surface area contributed by atoms with Gasteiger partial charge in [-0.05, 0) is 26.7 Å². The molecule has 0 bridgehead atoms. The number of hydrogen-bond acceptors (Lipinski definition) is 3. The van der Waals surface area contributed by atoms with E-state index in [4.69, 9.17) is 4.74 Å². The Hall–Kier alpha value is -0.810. The van der Waals surface area contributed by atoms with Crippen molar-refractivity contribution in [3.63, 3.8) is 0 Å². The molecule has 5 heteroatoms. The Morgan fingerprint density at radius 1 is 1.35 bits per heavy atom. The molecule has 5 nitrogen and oxygen atoms in total. The van der Waals surface area contributed by atoms with Crippen molar-refractivity contribution >= 4 is 6.03 Å². The molecule has 1 rings (SSSR count). The lowest BCUT2D eigenvalue weighted by Crippen LogP contribution is -2.48. The van der Waals surface area contributed by atoms with Crippen molar-refractivity contribution in [3.8, 4) is 0 Å². The smallest absolute Gasteiger partial charge is 0.314 e. The molecular weight excluding hydrogens is 220 g/mol. The molecular formula is C12H24N2O3. The molecule has 1 aliphatic carbocycles. The summed E-state index contributed by atoms with van der Waals surface area (Å²) in [5, 5.41) is 15.5. The first kappa shape index (κ1) is 14.3. The average Bonchev–Trinajstić information content (AvgIpc) is 2.72. The number of hydrogen-bond donors (Lipinski definition) is 3. The van der Waals surface area contributed by atoms with E-state index in [0.717, 1.165) is 25.7 Å². The number of aliphatic hydroxyl groups is 1. The van der Waals surface area contributed by atoms with Crippen LogP contribution in [0.5, 0.6) is 0 Å². The quantitative estimate of drug-likeness (QED) is 0.676. The lowest BCUT2D eigenvalue weighted by atomic mass is 10.0. The predicted octanol–water partition coefficient (Wildman–Crippen LogP) is 1.02. The molecule has 0 aliphatic heterocycles. The molecule has 17 heavy (non-hydrogen) atoms. The van der Waals surface area contributed by atoms with E-state index in [9.17, 15) is 9.90 Å². The number of urea groups is 1. The molecule has 2 amide bonds. The maximum absolute atomic E-state index is 11.5. The fraction of sp³-hybridized carbons (Fsp3) is 0.917. The average molecular weight is 244 g/mol. The lowest BCUT2D eigenvalue weighted by Gasteiger charge is -2.25. The van der Waals surface area contributed by atoms with Crippen LogP contribution in [0, 0.1) is 0 Å². The molecule has 0 atom stereocenters. The van der Waals surface area contributed by atoms with Crippen LogP contribution in [0.4, 0.5) is 4.79 Å². The standard InChI is InChI=1S/C12H24N2O3/c1-11(2,17-3)8-13-10(15)14-9-12(16)6-4-5-7-12/h16H,4-9H2,1-3H3,(H2,13,14,15). The molecule has 0 heterocycles. The second kappa shape index (κ2) is 5.69. The topological polar surface area (TPSA) is 70.6 Å². The first-order valence-corrected chi connectivity index (χ1v) is 6.16. The minimum atomic E-state index is -0.700. The molecule has 0 aromatic rings. The van der Waals surface area contributed by atoms with E-state index in [0.29, 0.717) is 13.1 Å². The summed E-state index contributed by atoms with van der Waals surface area (Å²) in [6.45, 7) is 4.57. The molecule has 0 unspecified atom stereocenters. The van der Waals surface area contributed by atoms with Crippen LogP contribution in [0.25, 0.3) is 0 Å². The Kier molecular flexibility index (Phi) is 4.77. The van der Waals surface area contributed by atoms with Crippen molar-refractivity contribution in [2.75, 3.05) is 20.2 Å². The summed E-state index contributed by atoms with van der Waals surface area (Å²) in [5.74, 6) is 0. The Bertz CT molecular complexity index is 260. The van der Waals surface area contributed by atoms with E-state index in [1.54, 1.807) is 7.11 Å². The highest BCUT2D eigenvalue weighted by Crippen LogP contribution is 2.28. The lowest BCUT2D eigenvalue weighted by molar-refractivity contribution is 0.0247. The van der Waals surface area contributed by atoms with Crippen molar-refractivity contribution in [1.29, 1.82) is 0 Å². The van der Waals surface area contributed by atoms with Crippen molar-refractivity contribution in [1.82, 2.24) is 10.6 Å². The molecule has 0 aromatic heterocycles. The van der Waals surface area contributed by atoms with Gasteiger partial charge in [0.1, 0.15) is 0 Å². The van der Waals surface area contributed by atoms with Gasteiger partial charge < -0.3 is 20.5 Å². The van der Waals surface area contributed by atoms with Gasteiger partial charge in [0.2, 0.25) is 0 Å². The number of ether oxygens (including phenoxy) is 1. The van der Waals surface area contributed by atoms with Crippen LogP contribution < -0.4 is 10.6 Å². The summed E-state index contributed by atoms with van der Waals surface area (Å²) in [4.78, 5) is 11.5. The van der Waals surface area contributed by atoms with Crippen LogP contribution in [-0.2, 0) is 4.74 Å². The Labute approximate surface area is 103 Å². The third-order valence-electron chi connectivity index (χ3n) is 3.34. The summed E-state index contributed by atoms with van der Waals surface area (Å²) < 4.78 is 5.19. The molecule has 100 valence electrons. The van der Waals surface area contributed by atoms with Gasteiger partial charge in [0.05, 0.1) is 11.2 Å². The maximum atomic E-state index is 11.5. The Morgan fingerprint density at radius 3 is 2.47 bits per heavy atom. The van der Waals surface area contributed by atoms with Crippen LogP contribution in [-0.4, -0.2) is 42.5 Å². The minimum Gasteiger partial charge on any atom is -0.388 e. The molecule has 1 aliphatic rings. The van der Waals surface area contributed by atoms with Gasteiger partial charge >= 0.3 is 6.03 Å². The van der Waals surface area contributed by atoms with Gasteiger partial charge in [-0.2, -0.15) is 0 Å².